The molecule has 38 heavy (non-hydrogen) atoms. The van der Waals surface area contributed by atoms with E-state index in [1.165, 1.54) is 37.1 Å². The molecule has 0 spiro atoms. The van der Waals surface area contributed by atoms with Crippen LogP contribution in [0, 0.1) is 34.3 Å². The van der Waals surface area contributed by atoms with Crippen LogP contribution in [0.25, 0.3) is 21.8 Å². The van der Waals surface area contributed by atoms with E-state index < -0.39 is 11.6 Å². The number of hydrogen-bond donors (Lipinski definition) is 1. The highest BCUT2D eigenvalue weighted by atomic mass is 19.1. The lowest BCUT2D eigenvalue weighted by Gasteiger charge is -2.23. The molecule has 0 bridgehead atoms. The van der Waals surface area contributed by atoms with Gasteiger partial charge in [-0.1, -0.05) is 13.8 Å². The monoisotopic (exact) mass is 521 g/mol. The van der Waals surface area contributed by atoms with Crippen molar-refractivity contribution in [2.75, 3.05) is 13.2 Å². The predicted octanol–water partition coefficient (Wildman–Crippen LogP) is 6.66. The van der Waals surface area contributed by atoms with Crippen molar-refractivity contribution in [3.8, 4) is 12.1 Å². The molecule has 6 rings (SSSR count). The van der Waals surface area contributed by atoms with E-state index in [9.17, 15) is 8.78 Å². The Hall–Kier alpha value is -4.28. The summed E-state index contributed by atoms with van der Waals surface area (Å²) in [4.78, 5) is 0. The number of H-pyrrole nitrogens is 1. The number of fused-ring (bicyclic) bond motifs is 2. The molecule has 8 nitrogen and oxygen atoms in total. The van der Waals surface area contributed by atoms with E-state index in [2.05, 4.69) is 15.3 Å². The molecule has 1 N–H and O–H groups in total. The SMILES string of the molecule is C1=COCCC1.N#Cc1cc2cn[nH]c2cc1F.N#Cc1cc2cnn(C3CCCCO3)c2cc1F.[2H]CC. The number of nitrogens with one attached hydrogen (secondary N) is 1. The third-order valence-corrected chi connectivity index (χ3v) is 5.71. The first-order valence-electron chi connectivity index (χ1n) is 13.0. The third-order valence-electron chi connectivity index (χ3n) is 5.71. The Bertz CT molecular complexity index is 1460. The molecule has 2 aromatic heterocycles. The molecular formula is C28H30F2N6O2. The van der Waals surface area contributed by atoms with Gasteiger partial charge in [-0.05, 0) is 50.3 Å². The van der Waals surface area contributed by atoms with Crippen LogP contribution in [0.3, 0.4) is 0 Å². The van der Waals surface area contributed by atoms with E-state index in [4.69, 9.17) is 21.4 Å². The molecule has 0 aliphatic carbocycles. The van der Waals surface area contributed by atoms with Gasteiger partial charge >= 0.3 is 0 Å². The summed E-state index contributed by atoms with van der Waals surface area (Å²) >= 11 is 0. The normalized spacial score (nSPS) is 16.2. The second kappa shape index (κ2) is 14.5. The van der Waals surface area contributed by atoms with Crippen molar-refractivity contribution >= 4 is 21.8 Å². The molecule has 2 aliphatic heterocycles. The molecule has 0 amide bonds. The molecule has 10 heteroatoms. The number of halogens is 2. The van der Waals surface area contributed by atoms with E-state index in [0.29, 0.717) is 24.5 Å². The van der Waals surface area contributed by atoms with Crippen LogP contribution in [0.15, 0.2) is 49.0 Å². The minimum atomic E-state index is -0.519. The number of nitrogens with zero attached hydrogens (tertiary/aromatic N) is 5. The van der Waals surface area contributed by atoms with Gasteiger partial charge in [0.25, 0.3) is 0 Å². The topological polar surface area (TPSA) is 113 Å². The fourth-order valence-corrected chi connectivity index (χ4v) is 3.84. The Morgan fingerprint density at radius 1 is 1.03 bits per heavy atom. The van der Waals surface area contributed by atoms with Gasteiger partial charge in [0.05, 0.1) is 47.4 Å². The van der Waals surface area contributed by atoms with Gasteiger partial charge in [-0.15, -0.1) is 0 Å². The Morgan fingerprint density at radius 2 is 1.76 bits per heavy atom. The summed E-state index contributed by atoms with van der Waals surface area (Å²) in [5.41, 5.74) is 1.38. The van der Waals surface area contributed by atoms with Gasteiger partial charge in [-0.2, -0.15) is 20.7 Å². The maximum absolute atomic E-state index is 13.6. The van der Waals surface area contributed by atoms with Crippen LogP contribution >= 0.6 is 0 Å². The zero-order chi connectivity index (χ0) is 28.0. The molecule has 1 saturated heterocycles. The van der Waals surface area contributed by atoms with Crippen LogP contribution in [0.5, 0.6) is 0 Å². The number of aromatic amines is 1. The number of nitriles is 2. The maximum Gasteiger partial charge on any atom is 0.150 e. The number of ether oxygens (including phenoxy) is 2. The van der Waals surface area contributed by atoms with Crippen LogP contribution in [-0.2, 0) is 9.47 Å². The fraction of sp³-hybridized carbons (Fsp3) is 0.357. The predicted molar refractivity (Wildman–Crippen MR) is 140 cm³/mol. The van der Waals surface area contributed by atoms with E-state index in [1.807, 2.05) is 12.1 Å². The molecule has 2 aliphatic rings. The lowest BCUT2D eigenvalue weighted by molar-refractivity contribution is -0.0366. The van der Waals surface area contributed by atoms with Gasteiger partial charge in [-0.3, -0.25) is 5.10 Å². The second-order valence-electron chi connectivity index (χ2n) is 8.20. The number of hydrogen-bond acceptors (Lipinski definition) is 6. The minimum absolute atomic E-state index is 0.0453. The molecule has 4 aromatic rings. The molecule has 1 atom stereocenters. The van der Waals surface area contributed by atoms with Gasteiger partial charge in [0.1, 0.15) is 23.8 Å². The summed E-state index contributed by atoms with van der Waals surface area (Å²) in [5, 5.41) is 29.4. The van der Waals surface area contributed by atoms with E-state index in [0.717, 1.165) is 36.6 Å². The summed E-state index contributed by atoms with van der Waals surface area (Å²) < 4.78 is 45.0. The van der Waals surface area contributed by atoms with Crippen molar-refractivity contribution in [3.05, 3.63) is 71.8 Å². The fourth-order valence-electron chi connectivity index (χ4n) is 3.84. The summed E-state index contributed by atoms with van der Waals surface area (Å²) in [6, 6.07) is 9.21. The average Bonchev–Trinajstić information content (AvgIpc) is 3.61. The zero-order valence-corrected chi connectivity index (χ0v) is 21.2. The molecule has 2 aromatic carbocycles. The molecule has 1 unspecified atom stereocenters. The Balaban J connectivity index is 0.000000171. The minimum Gasteiger partial charge on any atom is -0.502 e. The Kier molecular flexibility index (Phi) is 10.2. The van der Waals surface area contributed by atoms with Crippen LogP contribution in [-0.4, -0.2) is 33.2 Å². The molecule has 198 valence electrons. The van der Waals surface area contributed by atoms with Crippen LogP contribution in [0.4, 0.5) is 8.78 Å². The van der Waals surface area contributed by atoms with Crippen molar-refractivity contribution in [1.82, 2.24) is 20.0 Å². The number of rotatable bonds is 1. The quantitative estimate of drug-likeness (QED) is 0.300. The lowest BCUT2D eigenvalue weighted by Crippen LogP contribution is -2.19. The number of aromatic nitrogens is 4. The molecule has 0 radical (unpaired) electrons. The zero-order valence-electron chi connectivity index (χ0n) is 22.2. The smallest absolute Gasteiger partial charge is 0.150 e. The van der Waals surface area contributed by atoms with Crippen molar-refractivity contribution in [3.63, 3.8) is 0 Å². The molecular weight excluding hydrogens is 490 g/mol. The van der Waals surface area contributed by atoms with E-state index >= 15 is 0 Å². The summed E-state index contributed by atoms with van der Waals surface area (Å²) in [6.45, 7) is 3.92. The summed E-state index contributed by atoms with van der Waals surface area (Å²) in [5.74, 6) is -1.03. The second-order valence-corrected chi connectivity index (χ2v) is 8.20. The maximum atomic E-state index is 13.6. The Morgan fingerprint density at radius 3 is 2.34 bits per heavy atom. The number of benzene rings is 2. The van der Waals surface area contributed by atoms with Gasteiger partial charge in [0.15, 0.2) is 6.23 Å². The van der Waals surface area contributed by atoms with Crippen molar-refractivity contribution in [1.29, 1.82) is 10.5 Å². The third kappa shape index (κ3) is 7.15. The molecule has 0 saturated carbocycles. The summed E-state index contributed by atoms with van der Waals surface area (Å²) in [6.07, 6.45) is 12.3. The first-order valence-corrected chi connectivity index (χ1v) is 12.3. The van der Waals surface area contributed by atoms with Gasteiger partial charge in [-0.25, -0.2) is 13.5 Å². The van der Waals surface area contributed by atoms with E-state index in [1.54, 1.807) is 36.3 Å². The standard InChI is InChI=1S/C13H12FN3O.C8H4FN3.C5H8O.C2H6/c14-11-6-12-10(5-9(11)7-15)8-16-17(12)13-3-1-2-4-18-13;9-7-2-8-6(4-11-12-8)1-5(7)3-10;1-2-4-6-5-3-1;1-2/h5-6,8,13H,1-4H2;1-2,4H,(H,11,12);2,4H,1,3,5H2;1-2H3/i;;;1D. The summed E-state index contributed by atoms with van der Waals surface area (Å²) in [7, 11) is 0. The largest absolute Gasteiger partial charge is 0.502 e. The highest BCUT2D eigenvalue weighted by Gasteiger charge is 2.19. The molecule has 4 heterocycles. The highest BCUT2D eigenvalue weighted by Crippen LogP contribution is 2.27. The van der Waals surface area contributed by atoms with E-state index in [-0.39, 0.29) is 17.4 Å². The molecule has 1 fully saturated rings. The Labute approximate surface area is 221 Å². The highest BCUT2D eigenvalue weighted by molar-refractivity contribution is 5.80. The average molecular weight is 522 g/mol. The van der Waals surface area contributed by atoms with Crippen molar-refractivity contribution in [2.24, 2.45) is 0 Å². The van der Waals surface area contributed by atoms with Crippen molar-refractivity contribution in [2.45, 2.75) is 52.2 Å². The van der Waals surface area contributed by atoms with Crippen molar-refractivity contribution < 1.29 is 19.6 Å². The van der Waals surface area contributed by atoms with Gasteiger partial charge in [0, 0.05) is 30.9 Å². The number of allylic oxidation sites excluding steroid dienone is 1. The first-order chi connectivity index (χ1) is 19.0. The van der Waals surface area contributed by atoms with Crippen LogP contribution in [0.2, 0.25) is 0 Å². The van der Waals surface area contributed by atoms with Crippen LogP contribution in [0.1, 0.15) is 64.7 Å². The van der Waals surface area contributed by atoms with Gasteiger partial charge in [0.2, 0.25) is 0 Å². The first kappa shape index (κ1) is 26.8. The lowest BCUT2D eigenvalue weighted by atomic mass is 10.1. The van der Waals surface area contributed by atoms with Crippen LogP contribution < -0.4 is 0 Å². The van der Waals surface area contributed by atoms with Gasteiger partial charge < -0.3 is 9.47 Å².